The Labute approximate surface area is 254 Å². The molecular formula is C39H34N4. The van der Waals surface area contributed by atoms with Crippen LogP contribution in [0.4, 0.5) is 17.1 Å². The molecule has 6 aromatic rings. The molecule has 0 amide bonds. The predicted octanol–water partition coefficient (Wildman–Crippen LogP) is 9.82. The van der Waals surface area contributed by atoms with E-state index >= 15 is 0 Å². The molecule has 0 aromatic heterocycles. The minimum atomic E-state index is 0.706. The smallest absolute Gasteiger partial charge is 0.113 e. The normalized spacial score (nSPS) is 10.9. The predicted molar refractivity (Wildman–Crippen MR) is 181 cm³/mol. The van der Waals surface area contributed by atoms with Gasteiger partial charge in [-0.2, -0.15) is 5.10 Å². The van der Waals surface area contributed by atoms with Gasteiger partial charge in [0.15, 0.2) is 0 Å². The van der Waals surface area contributed by atoms with Gasteiger partial charge in [0, 0.05) is 28.2 Å². The minimum absolute atomic E-state index is 0.706. The van der Waals surface area contributed by atoms with Crippen molar-refractivity contribution in [1.29, 1.82) is 0 Å². The molecule has 0 spiro atoms. The second-order valence-electron chi connectivity index (χ2n) is 10.3. The summed E-state index contributed by atoms with van der Waals surface area (Å²) in [6, 6.07) is 56.6. The lowest BCUT2D eigenvalue weighted by molar-refractivity contribution is 0.272. The zero-order valence-electron chi connectivity index (χ0n) is 24.0. The molecule has 0 aliphatic heterocycles. The summed E-state index contributed by atoms with van der Waals surface area (Å²) in [6.07, 6.45) is 1.81. The monoisotopic (exact) mass is 558 g/mol. The Morgan fingerprint density at radius 3 is 1.67 bits per heavy atom. The maximum Gasteiger partial charge on any atom is 0.113 e. The van der Waals surface area contributed by atoms with E-state index in [4.69, 9.17) is 5.10 Å². The Balaban J connectivity index is 1.31. The number of rotatable bonds is 11. The molecule has 0 saturated carbocycles. The van der Waals surface area contributed by atoms with Crippen molar-refractivity contribution in [3.63, 3.8) is 0 Å². The molecule has 4 heteroatoms. The van der Waals surface area contributed by atoms with Crippen LogP contribution < -0.4 is 10.6 Å². The molecule has 0 aliphatic carbocycles. The van der Waals surface area contributed by atoms with Crippen molar-refractivity contribution in [2.75, 3.05) is 10.6 Å². The average molecular weight is 559 g/mol. The highest BCUT2D eigenvalue weighted by Gasteiger charge is 2.11. The van der Waals surface area contributed by atoms with E-state index in [0.29, 0.717) is 13.1 Å². The van der Waals surface area contributed by atoms with Crippen molar-refractivity contribution in [3.05, 3.63) is 175 Å². The highest BCUT2D eigenvalue weighted by atomic mass is 15.5. The standard InChI is InChI=1S/C39H34N4/c1-5-15-31(16-6-1)28-43(29-32-17-7-2-8-18-32)41-30-40-39-27-34(25-26-37(39)33-19-9-3-10-20-33)36-23-13-14-24-38(36)42-35-21-11-4-12-22-35/h1-27,30,42H,28-29H2,(H,40,41). The van der Waals surface area contributed by atoms with E-state index in [1.165, 1.54) is 11.1 Å². The highest BCUT2D eigenvalue weighted by molar-refractivity contribution is 5.91. The lowest BCUT2D eigenvalue weighted by Gasteiger charge is -2.20. The van der Waals surface area contributed by atoms with Gasteiger partial charge < -0.3 is 10.6 Å². The van der Waals surface area contributed by atoms with Crippen molar-refractivity contribution >= 4 is 23.4 Å². The molecular weight excluding hydrogens is 524 g/mol. The summed E-state index contributed by atoms with van der Waals surface area (Å²) < 4.78 is 0. The molecule has 0 bridgehead atoms. The van der Waals surface area contributed by atoms with Crippen LogP contribution in [-0.4, -0.2) is 11.3 Å². The fourth-order valence-electron chi connectivity index (χ4n) is 5.13. The first-order valence-electron chi connectivity index (χ1n) is 14.5. The molecule has 210 valence electrons. The number of hydrogen-bond acceptors (Lipinski definition) is 3. The van der Waals surface area contributed by atoms with Crippen molar-refractivity contribution in [2.45, 2.75) is 13.1 Å². The van der Waals surface area contributed by atoms with Crippen LogP contribution >= 0.6 is 0 Å². The van der Waals surface area contributed by atoms with Gasteiger partial charge in [-0.15, -0.1) is 0 Å². The lowest BCUT2D eigenvalue weighted by Crippen LogP contribution is -2.18. The maximum atomic E-state index is 4.91. The SMILES string of the molecule is C(=N\N(Cc1ccccc1)Cc1ccccc1)/Nc1cc(-c2ccccc2Nc2ccccc2)ccc1-c1ccccc1. The molecule has 0 saturated heterocycles. The van der Waals surface area contributed by atoms with Gasteiger partial charge in [-0.3, -0.25) is 5.01 Å². The molecule has 43 heavy (non-hydrogen) atoms. The zero-order valence-corrected chi connectivity index (χ0v) is 24.0. The molecule has 0 aliphatic rings. The Morgan fingerprint density at radius 2 is 1.02 bits per heavy atom. The summed E-state index contributed by atoms with van der Waals surface area (Å²) >= 11 is 0. The van der Waals surface area contributed by atoms with Crippen LogP contribution in [0.15, 0.2) is 169 Å². The van der Waals surface area contributed by atoms with Gasteiger partial charge >= 0.3 is 0 Å². The van der Waals surface area contributed by atoms with Crippen LogP contribution in [0.3, 0.4) is 0 Å². The molecule has 0 atom stereocenters. The average Bonchev–Trinajstić information content (AvgIpc) is 3.07. The molecule has 0 unspecified atom stereocenters. The molecule has 2 N–H and O–H groups in total. The first kappa shape index (κ1) is 27.6. The van der Waals surface area contributed by atoms with Crippen molar-refractivity contribution in [2.24, 2.45) is 5.10 Å². The summed E-state index contributed by atoms with van der Waals surface area (Å²) in [4.78, 5) is 0. The van der Waals surface area contributed by atoms with Gasteiger partial charge in [0.05, 0.1) is 13.1 Å². The Hall–Kier alpha value is -5.61. The second kappa shape index (κ2) is 13.8. The van der Waals surface area contributed by atoms with Crippen molar-refractivity contribution < 1.29 is 0 Å². The molecule has 4 nitrogen and oxygen atoms in total. The van der Waals surface area contributed by atoms with Gasteiger partial charge in [-0.1, -0.05) is 140 Å². The van der Waals surface area contributed by atoms with Crippen molar-refractivity contribution in [3.8, 4) is 22.3 Å². The number of nitrogens with zero attached hydrogens (tertiary/aromatic N) is 2. The molecule has 0 fully saturated rings. The molecule has 0 radical (unpaired) electrons. The van der Waals surface area contributed by atoms with Crippen LogP contribution in [0.2, 0.25) is 0 Å². The van der Waals surface area contributed by atoms with E-state index < -0.39 is 0 Å². The molecule has 6 rings (SSSR count). The van der Waals surface area contributed by atoms with E-state index in [2.05, 4.69) is 143 Å². The fraction of sp³-hybridized carbons (Fsp3) is 0.0513. The number of anilines is 3. The molecule has 0 heterocycles. The third-order valence-electron chi connectivity index (χ3n) is 7.25. The second-order valence-corrected chi connectivity index (χ2v) is 10.3. The largest absolute Gasteiger partial charge is 0.355 e. The van der Waals surface area contributed by atoms with Crippen LogP contribution in [0.1, 0.15) is 11.1 Å². The Kier molecular flexibility index (Phi) is 8.87. The van der Waals surface area contributed by atoms with E-state index in [1.807, 2.05) is 42.7 Å². The summed E-state index contributed by atoms with van der Waals surface area (Å²) in [5, 5.41) is 14.1. The van der Waals surface area contributed by atoms with Gasteiger partial charge in [0.2, 0.25) is 0 Å². The first-order chi connectivity index (χ1) is 21.3. The van der Waals surface area contributed by atoms with Gasteiger partial charge in [0.25, 0.3) is 0 Å². The quantitative estimate of drug-likeness (QED) is 0.0944. The Bertz CT molecular complexity index is 1710. The summed E-state index contributed by atoms with van der Waals surface area (Å²) in [7, 11) is 0. The minimum Gasteiger partial charge on any atom is -0.355 e. The molecule has 6 aromatic carbocycles. The van der Waals surface area contributed by atoms with Crippen LogP contribution in [-0.2, 0) is 13.1 Å². The van der Waals surface area contributed by atoms with Crippen LogP contribution in [0.25, 0.3) is 22.3 Å². The lowest BCUT2D eigenvalue weighted by atomic mass is 9.97. The number of hydrogen-bond donors (Lipinski definition) is 2. The van der Waals surface area contributed by atoms with Gasteiger partial charge in [-0.25, -0.2) is 0 Å². The number of hydrazone groups is 1. The number of benzene rings is 6. The summed E-state index contributed by atoms with van der Waals surface area (Å²) in [5.74, 6) is 0. The number of nitrogens with one attached hydrogen (secondary N) is 2. The van der Waals surface area contributed by atoms with Gasteiger partial charge in [0.1, 0.15) is 6.34 Å². The fourth-order valence-corrected chi connectivity index (χ4v) is 5.13. The third kappa shape index (κ3) is 7.38. The third-order valence-corrected chi connectivity index (χ3v) is 7.25. The summed E-state index contributed by atoms with van der Waals surface area (Å²) in [6.45, 7) is 1.41. The van der Waals surface area contributed by atoms with E-state index in [0.717, 1.165) is 39.3 Å². The number of para-hydroxylation sites is 2. The zero-order chi connectivity index (χ0) is 29.1. The van der Waals surface area contributed by atoms with E-state index in [9.17, 15) is 0 Å². The van der Waals surface area contributed by atoms with E-state index in [1.54, 1.807) is 0 Å². The highest BCUT2D eigenvalue weighted by Crippen LogP contribution is 2.36. The van der Waals surface area contributed by atoms with E-state index in [-0.39, 0.29) is 0 Å². The van der Waals surface area contributed by atoms with Crippen molar-refractivity contribution in [1.82, 2.24) is 5.01 Å². The first-order valence-corrected chi connectivity index (χ1v) is 14.5. The van der Waals surface area contributed by atoms with Crippen LogP contribution in [0.5, 0.6) is 0 Å². The topological polar surface area (TPSA) is 39.7 Å². The van der Waals surface area contributed by atoms with Crippen LogP contribution in [0, 0.1) is 0 Å². The van der Waals surface area contributed by atoms with Gasteiger partial charge in [-0.05, 0) is 46.5 Å². The maximum absolute atomic E-state index is 4.91. The Morgan fingerprint density at radius 1 is 0.488 bits per heavy atom. The summed E-state index contributed by atoms with van der Waals surface area (Å²) in [5.41, 5.74) is 10.0.